The molecule has 2 nitrogen and oxygen atoms in total. The standard InChI is InChI=1S/C9H15NO/c1-6-4-5-9(3,7(6)2)8(10)11/h4-5H2,1-3H3,(H2,10,11). The van der Waals surface area contributed by atoms with Gasteiger partial charge in [0.15, 0.2) is 0 Å². The van der Waals surface area contributed by atoms with E-state index in [1.165, 1.54) is 11.1 Å². The Bertz CT molecular complexity index is 230. The molecule has 1 rings (SSSR count). The zero-order valence-electron chi connectivity index (χ0n) is 7.40. The summed E-state index contributed by atoms with van der Waals surface area (Å²) in [6, 6.07) is 0. The lowest BCUT2D eigenvalue weighted by Gasteiger charge is -2.21. The van der Waals surface area contributed by atoms with Crippen molar-refractivity contribution < 1.29 is 4.79 Å². The van der Waals surface area contributed by atoms with Crippen molar-refractivity contribution in [3.63, 3.8) is 0 Å². The Morgan fingerprint density at radius 3 is 2.27 bits per heavy atom. The average molecular weight is 153 g/mol. The van der Waals surface area contributed by atoms with Crippen LogP contribution in [0.5, 0.6) is 0 Å². The van der Waals surface area contributed by atoms with Gasteiger partial charge in [-0.3, -0.25) is 4.79 Å². The molecule has 0 aromatic heterocycles. The van der Waals surface area contributed by atoms with Crippen LogP contribution in [-0.4, -0.2) is 5.91 Å². The Morgan fingerprint density at radius 1 is 1.55 bits per heavy atom. The normalized spacial score (nSPS) is 31.2. The van der Waals surface area contributed by atoms with Crippen LogP contribution in [-0.2, 0) is 4.79 Å². The topological polar surface area (TPSA) is 43.1 Å². The molecule has 2 N–H and O–H groups in total. The maximum Gasteiger partial charge on any atom is 0.227 e. The molecule has 1 atom stereocenters. The number of primary amides is 1. The van der Waals surface area contributed by atoms with E-state index in [1.807, 2.05) is 13.8 Å². The SMILES string of the molecule is CC1=C(C)C(C)(C(N)=O)CC1. The predicted octanol–water partition coefficient (Wildman–Crippen LogP) is 1.61. The minimum atomic E-state index is -0.357. The second kappa shape index (κ2) is 2.36. The lowest BCUT2D eigenvalue weighted by molar-refractivity contribution is -0.124. The van der Waals surface area contributed by atoms with Gasteiger partial charge < -0.3 is 5.73 Å². The third-order valence-electron chi connectivity index (χ3n) is 3.01. The molecule has 62 valence electrons. The summed E-state index contributed by atoms with van der Waals surface area (Å²) in [4.78, 5) is 11.1. The highest BCUT2D eigenvalue weighted by molar-refractivity contribution is 5.84. The highest BCUT2D eigenvalue weighted by atomic mass is 16.1. The molecule has 0 aromatic carbocycles. The van der Waals surface area contributed by atoms with Crippen LogP contribution in [0.2, 0.25) is 0 Å². The number of nitrogens with two attached hydrogens (primary N) is 1. The van der Waals surface area contributed by atoms with E-state index in [4.69, 9.17) is 5.73 Å². The van der Waals surface area contributed by atoms with Gasteiger partial charge >= 0.3 is 0 Å². The molecule has 0 fully saturated rings. The van der Waals surface area contributed by atoms with Crippen molar-refractivity contribution in [2.75, 3.05) is 0 Å². The summed E-state index contributed by atoms with van der Waals surface area (Å²) >= 11 is 0. The molecule has 0 saturated heterocycles. The quantitative estimate of drug-likeness (QED) is 0.571. The van der Waals surface area contributed by atoms with Gasteiger partial charge in [0.2, 0.25) is 5.91 Å². The van der Waals surface area contributed by atoms with Crippen LogP contribution in [0.1, 0.15) is 33.6 Å². The summed E-state index contributed by atoms with van der Waals surface area (Å²) in [6.45, 7) is 6.01. The van der Waals surface area contributed by atoms with Crippen LogP contribution in [0, 0.1) is 5.41 Å². The molecule has 2 heteroatoms. The molecule has 0 radical (unpaired) electrons. The highest BCUT2D eigenvalue weighted by Gasteiger charge is 2.37. The molecule has 11 heavy (non-hydrogen) atoms. The zero-order chi connectivity index (χ0) is 8.65. The summed E-state index contributed by atoms with van der Waals surface area (Å²) < 4.78 is 0. The molecule has 0 bridgehead atoms. The van der Waals surface area contributed by atoms with Crippen molar-refractivity contribution >= 4 is 5.91 Å². The van der Waals surface area contributed by atoms with Crippen molar-refractivity contribution in [1.82, 2.24) is 0 Å². The highest BCUT2D eigenvalue weighted by Crippen LogP contribution is 2.41. The van der Waals surface area contributed by atoms with Gasteiger partial charge in [-0.25, -0.2) is 0 Å². The number of rotatable bonds is 1. The van der Waals surface area contributed by atoms with Gasteiger partial charge in [0.1, 0.15) is 0 Å². The third kappa shape index (κ3) is 1.06. The summed E-state index contributed by atoms with van der Waals surface area (Å²) in [6.07, 6.45) is 1.91. The van der Waals surface area contributed by atoms with Gasteiger partial charge in [-0.05, 0) is 33.6 Å². The first-order valence-corrected chi connectivity index (χ1v) is 3.95. The van der Waals surface area contributed by atoms with E-state index in [1.54, 1.807) is 0 Å². The minimum absolute atomic E-state index is 0.188. The molecule has 1 aliphatic carbocycles. The van der Waals surface area contributed by atoms with Gasteiger partial charge in [-0.1, -0.05) is 11.1 Å². The van der Waals surface area contributed by atoms with E-state index in [9.17, 15) is 4.79 Å². The van der Waals surface area contributed by atoms with E-state index >= 15 is 0 Å². The van der Waals surface area contributed by atoms with Crippen LogP contribution in [0.15, 0.2) is 11.1 Å². The van der Waals surface area contributed by atoms with E-state index in [0.29, 0.717) is 0 Å². The van der Waals surface area contributed by atoms with Crippen LogP contribution in [0.3, 0.4) is 0 Å². The molecule has 1 amide bonds. The number of carbonyl (C=O) groups excluding carboxylic acids is 1. The first-order chi connectivity index (χ1) is 4.98. The number of amides is 1. The lowest BCUT2D eigenvalue weighted by Crippen LogP contribution is -2.33. The van der Waals surface area contributed by atoms with Crippen LogP contribution in [0.4, 0.5) is 0 Å². The van der Waals surface area contributed by atoms with Crippen molar-refractivity contribution in [2.45, 2.75) is 33.6 Å². The van der Waals surface area contributed by atoms with E-state index in [0.717, 1.165) is 12.8 Å². The van der Waals surface area contributed by atoms with Gasteiger partial charge in [0.25, 0.3) is 0 Å². The fourth-order valence-electron chi connectivity index (χ4n) is 1.59. The number of allylic oxidation sites excluding steroid dienone is 1. The van der Waals surface area contributed by atoms with Crippen molar-refractivity contribution in [3.05, 3.63) is 11.1 Å². The third-order valence-corrected chi connectivity index (χ3v) is 3.01. The fourth-order valence-corrected chi connectivity index (χ4v) is 1.59. The van der Waals surface area contributed by atoms with E-state index in [-0.39, 0.29) is 11.3 Å². The summed E-state index contributed by atoms with van der Waals surface area (Å²) in [5, 5.41) is 0. The number of carbonyl (C=O) groups is 1. The molecule has 1 aliphatic rings. The zero-order valence-corrected chi connectivity index (χ0v) is 7.40. The Hall–Kier alpha value is -0.790. The molecule has 0 aliphatic heterocycles. The van der Waals surface area contributed by atoms with Gasteiger partial charge in [-0.2, -0.15) is 0 Å². The van der Waals surface area contributed by atoms with E-state index in [2.05, 4.69) is 6.92 Å². The Labute approximate surface area is 67.5 Å². The Morgan fingerprint density at radius 2 is 2.09 bits per heavy atom. The summed E-state index contributed by atoms with van der Waals surface area (Å²) in [5.41, 5.74) is 7.45. The Kier molecular flexibility index (Phi) is 1.78. The van der Waals surface area contributed by atoms with E-state index < -0.39 is 0 Å². The van der Waals surface area contributed by atoms with Crippen LogP contribution >= 0.6 is 0 Å². The molecular weight excluding hydrogens is 138 g/mol. The molecule has 0 heterocycles. The molecule has 0 aromatic rings. The lowest BCUT2D eigenvalue weighted by atomic mass is 9.83. The van der Waals surface area contributed by atoms with Crippen LogP contribution in [0.25, 0.3) is 0 Å². The van der Waals surface area contributed by atoms with Gasteiger partial charge in [0.05, 0.1) is 5.41 Å². The first kappa shape index (κ1) is 8.31. The first-order valence-electron chi connectivity index (χ1n) is 3.95. The fraction of sp³-hybridized carbons (Fsp3) is 0.667. The van der Waals surface area contributed by atoms with Gasteiger partial charge in [0, 0.05) is 0 Å². The molecular formula is C9H15NO. The Balaban J connectivity index is 3.01. The van der Waals surface area contributed by atoms with Crippen molar-refractivity contribution in [1.29, 1.82) is 0 Å². The van der Waals surface area contributed by atoms with Crippen molar-refractivity contribution in [3.8, 4) is 0 Å². The summed E-state index contributed by atoms with van der Waals surface area (Å²) in [5.74, 6) is -0.188. The minimum Gasteiger partial charge on any atom is -0.369 e. The largest absolute Gasteiger partial charge is 0.369 e. The molecule has 1 unspecified atom stereocenters. The molecule has 0 spiro atoms. The molecule has 0 saturated carbocycles. The van der Waals surface area contributed by atoms with Gasteiger partial charge in [-0.15, -0.1) is 0 Å². The number of hydrogen-bond donors (Lipinski definition) is 1. The second-order valence-electron chi connectivity index (χ2n) is 3.60. The van der Waals surface area contributed by atoms with Crippen LogP contribution < -0.4 is 5.73 Å². The van der Waals surface area contributed by atoms with Crippen molar-refractivity contribution in [2.24, 2.45) is 11.1 Å². The summed E-state index contributed by atoms with van der Waals surface area (Å²) in [7, 11) is 0. The predicted molar refractivity (Wildman–Crippen MR) is 44.9 cm³/mol. The number of hydrogen-bond acceptors (Lipinski definition) is 1. The second-order valence-corrected chi connectivity index (χ2v) is 3.60. The maximum absolute atomic E-state index is 11.1. The average Bonchev–Trinajstić information content (AvgIpc) is 2.18. The smallest absolute Gasteiger partial charge is 0.227 e. The maximum atomic E-state index is 11.1. The monoisotopic (exact) mass is 153 g/mol.